The number of fused-ring (bicyclic) bond motifs is 3. The van der Waals surface area contributed by atoms with Crippen molar-refractivity contribution in [2.45, 2.75) is 44.0 Å². The molecule has 0 radical (unpaired) electrons. The molecule has 1 aliphatic heterocycles. The Morgan fingerprint density at radius 1 is 0.906 bits per heavy atom. The van der Waals surface area contributed by atoms with Crippen LogP contribution in [0.1, 0.15) is 46.2 Å². The first-order valence-electron chi connectivity index (χ1n) is 11.0. The molecular weight excluding hydrogens is 416 g/mol. The summed E-state index contributed by atoms with van der Waals surface area (Å²) in [6, 6.07) is 20.0. The molecule has 5 rings (SSSR count). The van der Waals surface area contributed by atoms with Gasteiger partial charge in [0, 0.05) is 17.3 Å². The van der Waals surface area contributed by atoms with Crippen LogP contribution >= 0.6 is 0 Å². The van der Waals surface area contributed by atoms with Gasteiger partial charge in [0.15, 0.2) is 0 Å². The Morgan fingerprint density at radius 2 is 1.69 bits per heavy atom. The van der Waals surface area contributed by atoms with Crippen molar-refractivity contribution in [3.63, 3.8) is 0 Å². The van der Waals surface area contributed by atoms with Crippen LogP contribution in [0, 0.1) is 26.7 Å². The van der Waals surface area contributed by atoms with E-state index in [1.54, 1.807) is 6.07 Å². The third-order valence-electron chi connectivity index (χ3n) is 6.52. The highest BCUT2D eigenvalue weighted by Crippen LogP contribution is 2.50. The molecule has 3 aromatic carbocycles. The Labute approximate surface area is 190 Å². The lowest BCUT2D eigenvalue weighted by Crippen LogP contribution is -2.29. The summed E-state index contributed by atoms with van der Waals surface area (Å²) >= 11 is 0. The molecule has 0 unspecified atom stereocenters. The zero-order valence-electron chi connectivity index (χ0n) is 18.6. The quantitative estimate of drug-likeness (QED) is 0.468. The second-order valence-corrected chi connectivity index (χ2v) is 10.8. The molecule has 3 atom stereocenters. The number of allylic oxidation sites excluding steroid dienone is 2. The lowest BCUT2D eigenvalue weighted by molar-refractivity contribution is 0.425. The SMILES string of the molecule is Cc1cc(C)cc(NS(=O)(=O)c2ccc3c(c2)[C@H]2C=CC[C@H]2[C@@H](c2cccc(C)c2)N3)c1. The maximum atomic E-state index is 13.2. The second-order valence-electron chi connectivity index (χ2n) is 9.12. The van der Waals surface area contributed by atoms with Crippen LogP contribution < -0.4 is 10.0 Å². The van der Waals surface area contributed by atoms with Crippen LogP contribution in [-0.2, 0) is 10.0 Å². The van der Waals surface area contributed by atoms with E-state index < -0.39 is 10.0 Å². The molecule has 1 aliphatic carbocycles. The molecule has 2 N–H and O–H groups in total. The first kappa shape index (κ1) is 20.8. The number of hydrogen-bond donors (Lipinski definition) is 2. The van der Waals surface area contributed by atoms with Gasteiger partial charge in [-0.3, -0.25) is 4.72 Å². The van der Waals surface area contributed by atoms with Crippen molar-refractivity contribution < 1.29 is 8.42 Å². The van der Waals surface area contributed by atoms with Gasteiger partial charge in [-0.25, -0.2) is 8.42 Å². The number of anilines is 2. The Balaban J connectivity index is 1.49. The highest BCUT2D eigenvalue weighted by Gasteiger charge is 2.38. The van der Waals surface area contributed by atoms with Crippen LogP contribution in [-0.4, -0.2) is 8.42 Å². The molecular formula is C27H28N2O2S. The Kier molecular flexibility index (Phi) is 5.09. The molecule has 0 bridgehead atoms. The molecule has 0 saturated carbocycles. The fraction of sp³-hybridized carbons (Fsp3) is 0.259. The zero-order chi connectivity index (χ0) is 22.5. The first-order valence-corrected chi connectivity index (χ1v) is 12.5. The second kappa shape index (κ2) is 7.82. The van der Waals surface area contributed by atoms with Crippen LogP contribution in [0.4, 0.5) is 11.4 Å². The number of sulfonamides is 1. The average Bonchev–Trinajstić information content (AvgIpc) is 3.22. The maximum absolute atomic E-state index is 13.2. The van der Waals surface area contributed by atoms with E-state index in [-0.39, 0.29) is 12.0 Å². The topological polar surface area (TPSA) is 58.2 Å². The standard InChI is InChI=1S/C27H28N2O2S/c1-17-6-4-7-20(13-17)27-24-9-5-8-23(24)25-16-22(10-11-26(25)28-27)32(30,31)29-21-14-18(2)12-19(3)15-21/h4-8,10-16,23-24,27-29H,9H2,1-3H3/t23-,24+,27+/m0/s1. The van der Waals surface area contributed by atoms with Crippen LogP contribution in [0.3, 0.4) is 0 Å². The normalized spacial score (nSPS) is 21.5. The molecule has 3 aromatic rings. The van der Waals surface area contributed by atoms with Crippen LogP contribution in [0.5, 0.6) is 0 Å². The van der Waals surface area contributed by atoms with E-state index in [1.165, 1.54) is 11.1 Å². The number of rotatable bonds is 4. The minimum absolute atomic E-state index is 0.202. The highest BCUT2D eigenvalue weighted by molar-refractivity contribution is 7.92. The van der Waals surface area contributed by atoms with E-state index in [9.17, 15) is 8.42 Å². The Hall–Kier alpha value is -3.05. The van der Waals surface area contributed by atoms with Crippen LogP contribution in [0.2, 0.25) is 0 Å². The van der Waals surface area contributed by atoms with Gasteiger partial charge in [-0.1, -0.05) is 48.0 Å². The van der Waals surface area contributed by atoms with E-state index in [0.29, 0.717) is 16.5 Å². The predicted molar refractivity (Wildman–Crippen MR) is 131 cm³/mol. The Bertz CT molecular complexity index is 1310. The van der Waals surface area contributed by atoms with E-state index in [4.69, 9.17) is 0 Å². The van der Waals surface area contributed by atoms with Crippen molar-refractivity contribution in [2.75, 3.05) is 10.0 Å². The summed E-state index contributed by atoms with van der Waals surface area (Å²) in [6.07, 6.45) is 5.44. The van der Waals surface area contributed by atoms with Crippen molar-refractivity contribution in [3.8, 4) is 0 Å². The molecule has 0 amide bonds. The predicted octanol–water partition coefficient (Wildman–Crippen LogP) is 6.24. The fourth-order valence-corrected chi connectivity index (χ4v) is 6.26. The molecule has 0 saturated heterocycles. The number of aryl methyl sites for hydroxylation is 3. The van der Waals surface area contributed by atoms with Gasteiger partial charge in [0.05, 0.1) is 10.9 Å². The smallest absolute Gasteiger partial charge is 0.261 e. The summed E-state index contributed by atoms with van der Waals surface area (Å²) < 4.78 is 29.1. The summed E-state index contributed by atoms with van der Waals surface area (Å²) in [7, 11) is -3.68. The molecule has 0 spiro atoms. The summed E-state index contributed by atoms with van der Waals surface area (Å²) in [5, 5.41) is 3.70. The maximum Gasteiger partial charge on any atom is 0.261 e. The highest BCUT2D eigenvalue weighted by atomic mass is 32.2. The molecule has 5 heteroatoms. The van der Waals surface area contributed by atoms with E-state index in [1.807, 2.05) is 44.2 Å². The number of nitrogens with one attached hydrogen (secondary N) is 2. The average molecular weight is 445 g/mol. The van der Waals surface area contributed by atoms with Gasteiger partial charge in [0.1, 0.15) is 0 Å². The zero-order valence-corrected chi connectivity index (χ0v) is 19.4. The fourth-order valence-electron chi connectivity index (χ4n) is 5.18. The largest absolute Gasteiger partial charge is 0.378 e. The van der Waals surface area contributed by atoms with E-state index in [0.717, 1.165) is 28.8 Å². The number of benzene rings is 3. The summed E-state index contributed by atoms with van der Waals surface area (Å²) in [6.45, 7) is 6.05. The molecule has 32 heavy (non-hydrogen) atoms. The van der Waals surface area contributed by atoms with Gasteiger partial charge in [-0.15, -0.1) is 0 Å². The summed E-state index contributed by atoms with van der Waals surface area (Å²) in [4.78, 5) is 0.297. The van der Waals surface area contributed by atoms with Crippen molar-refractivity contribution in [2.24, 2.45) is 5.92 Å². The molecule has 4 nitrogen and oxygen atoms in total. The van der Waals surface area contributed by atoms with Gasteiger partial charge in [0.2, 0.25) is 0 Å². The summed E-state index contributed by atoms with van der Waals surface area (Å²) in [5.74, 6) is 0.572. The molecule has 2 aliphatic rings. The van der Waals surface area contributed by atoms with Crippen LogP contribution in [0.15, 0.2) is 77.7 Å². The van der Waals surface area contributed by atoms with Gasteiger partial charge >= 0.3 is 0 Å². The Morgan fingerprint density at radius 3 is 2.44 bits per heavy atom. The van der Waals surface area contributed by atoms with Gasteiger partial charge in [-0.2, -0.15) is 0 Å². The van der Waals surface area contributed by atoms with Crippen LogP contribution in [0.25, 0.3) is 0 Å². The minimum atomic E-state index is -3.68. The molecule has 0 aromatic heterocycles. The summed E-state index contributed by atoms with van der Waals surface area (Å²) in [5.41, 5.74) is 7.23. The van der Waals surface area contributed by atoms with Crippen molar-refractivity contribution in [1.82, 2.24) is 0 Å². The van der Waals surface area contributed by atoms with Crippen molar-refractivity contribution in [1.29, 1.82) is 0 Å². The van der Waals surface area contributed by atoms with E-state index >= 15 is 0 Å². The minimum Gasteiger partial charge on any atom is -0.378 e. The first-order chi connectivity index (χ1) is 15.3. The third kappa shape index (κ3) is 3.82. The lowest BCUT2D eigenvalue weighted by Gasteiger charge is -2.37. The van der Waals surface area contributed by atoms with Gasteiger partial charge in [-0.05, 0) is 85.7 Å². The van der Waals surface area contributed by atoms with Gasteiger partial charge < -0.3 is 5.32 Å². The monoisotopic (exact) mass is 444 g/mol. The number of hydrogen-bond acceptors (Lipinski definition) is 3. The molecule has 1 heterocycles. The van der Waals surface area contributed by atoms with Crippen molar-refractivity contribution >= 4 is 21.4 Å². The third-order valence-corrected chi connectivity index (χ3v) is 7.90. The van der Waals surface area contributed by atoms with Gasteiger partial charge in [0.25, 0.3) is 10.0 Å². The molecule has 164 valence electrons. The lowest BCUT2D eigenvalue weighted by atomic mass is 9.77. The van der Waals surface area contributed by atoms with Crippen molar-refractivity contribution in [3.05, 3.63) is 101 Å². The molecule has 0 fully saturated rings. The van der Waals surface area contributed by atoms with E-state index in [2.05, 4.69) is 53.4 Å².